The Balaban J connectivity index is 2.03. The van der Waals surface area contributed by atoms with Gasteiger partial charge in [-0.05, 0) is 69.0 Å². The second kappa shape index (κ2) is 13.4. The molecule has 2 amide bonds. The number of hydrogen-bond donors (Lipinski definition) is 1. The quantitative estimate of drug-likeness (QED) is 0.317. The zero-order chi connectivity index (χ0) is 28.6. The maximum atomic E-state index is 14.0. The molecule has 208 valence electrons. The normalized spacial score (nSPS) is 12.0. The van der Waals surface area contributed by atoms with Gasteiger partial charge in [0.1, 0.15) is 12.6 Å². The van der Waals surface area contributed by atoms with Crippen LogP contribution in [0.5, 0.6) is 0 Å². The summed E-state index contributed by atoms with van der Waals surface area (Å²) in [6.45, 7) is 9.69. The van der Waals surface area contributed by atoms with Gasteiger partial charge in [0.15, 0.2) is 0 Å². The standard InChI is InChI=1S/C31H39N3O4S/c1-6-7-19-32-31(36)26(5)33(21-27-14-12-11-13-24(27)3)30(35)22-34(29-18-17-23(2)20-25(29)4)39(37,38)28-15-9-8-10-16-28/h8-18,20,26H,6-7,19,21-22H2,1-5H3,(H,32,36)/t26-/m0/s1. The van der Waals surface area contributed by atoms with E-state index in [1.807, 2.05) is 64.1 Å². The van der Waals surface area contributed by atoms with Crippen molar-refractivity contribution >= 4 is 27.5 Å². The molecule has 1 atom stereocenters. The first-order valence-electron chi connectivity index (χ1n) is 13.3. The van der Waals surface area contributed by atoms with E-state index in [1.165, 1.54) is 17.0 Å². The molecule has 0 unspecified atom stereocenters. The topological polar surface area (TPSA) is 86.8 Å². The van der Waals surface area contributed by atoms with Gasteiger partial charge >= 0.3 is 0 Å². The minimum Gasteiger partial charge on any atom is -0.354 e. The molecule has 0 saturated heterocycles. The second-order valence-electron chi connectivity index (χ2n) is 9.88. The van der Waals surface area contributed by atoms with E-state index in [4.69, 9.17) is 0 Å². The van der Waals surface area contributed by atoms with Gasteiger partial charge in [0, 0.05) is 13.1 Å². The third-order valence-corrected chi connectivity index (χ3v) is 8.60. The molecular weight excluding hydrogens is 510 g/mol. The minimum atomic E-state index is -4.08. The number of aryl methyl sites for hydroxylation is 3. The number of rotatable bonds is 12. The maximum absolute atomic E-state index is 14.0. The number of carbonyl (C=O) groups is 2. The predicted molar refractivity (Wildman–Crippen MR) is 156 cm³/mol. The number of anilines is 1. The third kappa shape index (κ3) is 7.47. The number of amides is 2. The molecule has 0 aliphatic rings. The van der Waals surface area contributed by atoms with Crippen molar-refractivity contribution in [2.24, 2.45) is 0 Å². The molecule has 0 aliphatic carbocycles. The summed E-state index contributed by atoms with van der Waals surface area (Å²) in [4.78, 5) is 28.6. The summed E-state index contributed by atoms with van der Waals surface area (Å²) in [7, 11) is -4.08. The van der Waals surface area contributed by atoms with Crippen molar-refractivity contribution in [2.75, 3.05) is 17.4 Å². The van der Waals surface area contributed by atoms with E-state index in [0.717, 1.165) is 39.4 Å². The highest BCUT2D eigenvalue weighted by Gasteiger charge is 2.33. The van der Waals surface area contributed by atoms with E-state index in [1.54, 1.807) is 31.2 Å². The Morgan fingerprint density at radius 3 is 2.21 bits per heavy atom. The van der Waals surface area contributed by atoms with Crippen molar-refractivity contribution in [1.82, 2.24) is 10.2 Å². The minimum absolute atomic E-state index is 0.0913. The summed E-state index contributed by atoms with van der Waals surface area (Å²) >= 11 is 0. The highest BCUT2D eigenvalue weighted by atomic mass is 32.2. The molecule has 0 aliphatic heterocycles. The van der Waals surface area contributed by atoms with Gasteiger partial charge in [-0.3, -0.25) is 13.9 Å². The van der Waals surface area contributed by atoms with Crippen molar-refractivity contribution in [3.05, 3.63) is 95.1 Å². The van der Waals surface area contributed by atoms with E-state index in [9.17, 15) is 18.0 Å². The fraction of sp³-hybridized carbons (Fsp3) is 0.355. The Kier molecular flexibility index (Phi) is 10.3. The van der Waals surface area contributed by atoms with Crippen LogP contribution in [0.2, 0.25) is 0 Å². The third-order valence-electron chi connectivity index (χ3n) is 6.83. The summed E-state index contributed by atoms with van der Waals surface area (Å²) in [5.41, 5.74) is 4.02. The number of nitrogens with zero attached hydrogens (tertiary/aromatic N) is 2. The zero-order valence-corrected chi connectivity index (χ0v) is 24.3. The van der Waals surface area contributed by atoms with Crippen LogP contribution in [0.15, 0.2) is 77.7 Å². The molecule has 3 rings (SSSR count). The van der Waals surface area contributed by atoms with Crippen LogP contribution in [-0.2, 0) is 26.2 Å². The van der Waals surface area contributed by atoms with Crippen molar-refractivity contribution in [1.29, 1.82) is 0 Å². The van der Waals surface area contributed by atoms with Gasteiger partial charge in [-0.25, -0.2) is 8.42 Å². The highest BCUT2D eigenvalue weighted by molar-refractivity contribution is 7.92. The lowest BCUT2D eigenvalue weighted by atomic mass is 10.1. The number of hydrogen-bond acceptors (Lipinski definition) is 4. The lowest BCUT2D eigenvalue weighted by Gasteiger charge is -2.32. The zero-order valence-electron chi connectivity index (χ0n) is 23.5. The molecular formula is C31H39N3O4S. The molecule has 0 saturated carbocycles. The number of carbonyl (C=O) groups excluding carboxylic acids is 2. The summed E-state index contributed by atoms with van der Waals surface area (Å²) < 4.78 is 28.9. The Morgan fingerprint density at radius 2 is 1.56 bits per heavy atom. The molecule has 0 spiro atoms. The summed E-state index contributed by atoms with van der Waals surface area (Å²) in [5.74, 6) is -0.731. The fourth-order valence-electron chi connectivity index (χ4n) is 4.41. The van der Waals surface area contributed by atoms with Gasteiger partial charge < -0.3 is 10.2 Å². The van der Waals surface area contributed by atoms with Crippen molar-refractivity contribution in [3.63, 3.8) is 0 Å². The molecule has 1 N–H and O–H groups in total. The molecule has 0 aromatic heterocycles. The van der Waals surface area contributed by atoms with Crippen molar-refractivity contribution in [2.45, 2.75) is 64.9 Å². The Bertz CT molecular complexity index is 1390. The SMILES string of the molecule is CCCCNC(=O)[C@H](C)N(Cc1ccccc1C)C(=O)CN(c1ccc(C)cc1C)S(=O)(=O)c1ccccc1. The van der Waals surface area contributed by atoms with E-state index in [2.05, 4.69) is 5.32 Å². The Labute approximate surface area is 232 Å². The molecule has 3 aromatic rings. The molecule has 39 heavy (non-hydrogen) atoms. The van der Waals surface area contributed by atoms with Crippen LogP contribution in [0.3, 0.4) is 0 Å². The van der Waals surface area contributed by atoms with Gasteiger partial charge in [-0.1, -0.05) is 73.5 Å². The van der Waals surface area contributed by atoms with Gasteiger partial charge in [0.05, 0.1) is 10.6 Å². The number of nitrogens with one attached hydrogen (secondary N) is 1. The smallest absolute Gasteiger partial charge is 0.264 e. The van der Waals surface area contributed by atoms with Crippen LogP contribution < -0.4 is 9.62 Å². The molecule has 0 radical (unpaired) electrons. The first-order chi connectivity index (χ1) is 18.6. The monoisotopic (exact) mass is 549 g/mol. The van der Waals surface area contributed by atoms with Crippen LogP contribution in [0.1, 0.15) is 48.9 Å². The van der Waals surface area contributed by atoms with E-state index >= 15 is 0 Å². The van der Waals surface area contributed by atoms with Crippen LogP contribution in [-0.4, -0.2) is 44.3 Å². The molecule has 0 fully saturated rings. The Morgan fingerprint density at radius 1 is 0.897 bits per heavy atom. The lowest BCUT2D eigenvalue weighted by molar-refractivity contribution is -0.139. The van der Waals surface area contributed by atoms with Gasteiger partial charge in [-0.2, -0.15) is 0 Å². The average Bonchev–Trinajstić information content (AvgIpc) is 2.91. The largest absolute Gasteiger partial charge is 0.354 e. The Hall–Kier alpha value is -3.65. The van der Waals surface area contributed by atoms with Crippen LogP contribution in [0.25, 0.3) is 0 Å². The molecule has 8 heteroatoms. The van der Waals surface area contributed by atoms with E-state index in [0.29, 0.717) is 12.2 Å². The molecule has 3 aromatic carbocycles. The summed E-state index contributed by atoms with van der Waals surface area (Å²) in [5, 5.41) is 2.91. The van der Waals surface area contributed by atoms with Crippen LogP contribution in [0, 0.1) is 20.8 Å². The van der Waals surface area contributed by atoms with Gasteiger partial charge in [0.2, 0.25) is 11.8 Å². The molecule has 0 bridgehead atoms. The summed E-state index contributed by atoms with van der Waals surface area (Å²) in [6.07, 6.45) is 1.77. The van der Waals surface area contributed by atoms with Crippen LogP contribution in [0.4, 0.5) is 5.69 Å². The second-order valence-corrected chi connectivity index (χ2v) is 11.7. The molecule has 7 nitrogen and oxygen atoms in total. The predicted octanol–water partition coefficient (Wildman–Crippen LogP) is 5.14. The molecule has 0 heterocycles. The number of unbranched alkanes of at least 4 members (excludes halogenated alkanes) is 1. The average molecular weight is 550 g/mol. The van der Waals surface area contributed by atoms with E-state index < -0.39 is 28.5 Å². The maximum Gasteiger partial charge on any atom is 0.264 e. The van der Waals surface area contributed by atoms with Crippen molar-refractivity contribution in [3.8, 4) is 0 Å². The highest BCUT2D eigenvalue weighted by Crippen LogP contribution is 2.28. The fourth-order valence-corrected chi connectivity index (χ4v) is 5.91. The van der Waals surface area contributed by atoms with Gasteiger partial charge in [0.25, 0.3) is 10.0 Å². The summed E-state index contributed by atoms with van der Waals surface area (Å²) in [6, 6.07) is 20.4. The van der Waals surface area contributed by atoms with Crippen molar-refractivity contribution < 1.29 is 18.0 Å². The van der Waals surface area contributed by atoms with E-state index in [-0.39, 0.29) is 17.3 Å². The first-order valence-corrected chi connectivity index (χ1v) is 14.8. The lowest BCUT2D eigenvalue weighted by Crippen LogP contribution is -2.51. The number of sulfonamides is 1. The van der Waals surface area contributed by atoms with Crippen LogP contribution >= 0.6 is 0 Å². The first kappa shape index (κ1) is 29.9. The number of benzene rings is 3. The van der Waals surface area contributed by atoms with Gasteiger partial charge in [-0.15, -0.1) is 0 Å².